The van der Waals surface area contributed by atoms with Gasteiger partial charge in [0, 0.05) is 53.9 Å². The molecule has 230 valence electrons. The zero-order valence-electron chi connectivity index (χ0n) is 26.5. The number of nitrogens with zero attached hydrogens (tertiary/aromatic N) is 3. The first-order chi connectivity index (χ1) is 24.3. The summed E-state index contributed by atoms with van der Waals surface area (Å²) in [6.07, 6.45) is 0. The fourth-order valence-corrected chi connectivity index (χ4v) is 8.52. The first kappa shape index (κ1) is 27.8. The van der Waals surface area contributed by atoms with Crippen LogP contribution < -0.4 is 4.90 Å². The quantitative estimate of drug-likeness (QED) is 0.186. The summed E-state index contributed by atoms with van der Waals surface area (Å²) in [7, 11) is 0. The number of pyridine rings is 1. The van der Waals surface area contributed by atoms with E-state index in [1.807, 2.05) is 11.3 Å². The monoisotopic (exact) mass is 643 g/mol. The molecule has 10 aromatic rings. The number of thiophene rings is 1. The summed E-state index contributed by atoms with van der Waals surface area (Å²) in [4.78, 5) is 7.70. The van der Waals surface area contributed by atoms with Crippen LogP contribution in [0.1, 0.15) is 0 Å². The molecule has 0 bridgehead atoms. The zero-order chi connectivity index (χ0) is 32.3. The minimum Gasteiger partial charge on any atom is -0.310 e. The highest BCUT2D eigenvalue weighted by molar-refractivity contribution is 7.26. The fourth-order valence-electron chi connectivity index (χ4n) is 7.28. The van der Waals surface area contributed by atoms with E-state index in [4.69, 9.17) is 4.98 Å². The lowest BCUT2D eigenvalue weighted by Gasteiger charge is -2.26. The van der Waals surface area contributed by atoms with Crippen molar-refractivity contribution in [1.82, 2.24) is 9.55 Å². The van der Waals surface area contributed by atoms with Crippen LogP contribution in [-0.2, 0) is 0 Å². The van der Waals surface area contributed by atoms with Gasteiger partial charge in [-0.05, 0) is 83.6 Å². The Morgan fingerprint density at radius 3 is 2.00 bits per heavy atom. The average molecular weight is 644 g/mol. The van der Waals surface area contributed by atoms with Crippen LogP contribution >= 0.6 is 11.3 Å². The third-order valence-corrected chi connectivity index (χ3v) is 10.8. The summed E-state index contributed by atoms with van der Waals surface area (Å²) in [6, 6.07) is 62.9. The molecule has 0 atom stereocenters. The summed E-state index contributed by atoms with van der Waals surface area (Å²) in [5.41, 5.74) is 9.83. The standard InChI is InChI=1S/C45H29N3S/c1-3-12-31(13-4-1)39-26-28-41-44(46-39)43-40(27-25-38-37-17-9-10-18-42(37)49-45(38)43)48(41)35-23-21-34(22-24-35)47(33-15-5-2-6-16-33)36-20-19-30-11-7-8-14-32(30)29-36/h1-29H. The topological polar surface area (TPSA) is 21.1 Å². The van der Waals surface area contributed by atoms with E-state index in [0.29, 0.717) is 0 Å². The van der Waals surface area contributed by atoms with Gasteiger partial charge in [0.05, 0.1) is 22.2 Å². The number of hydrogen-bond acceptors (Lipinski definition) is 3. The number of para-hydroxylation sites is 1. The molecule has 0 N–H and O–H groups in total. The highest BCUT2D eigenvalue weighted by Crippen LogP contribution is 2.44. The van der Waals surface area contributed by atoms with E-state index >= 15 is 0 Å². The number of rotatable bonds is 5. The van der Waals surface area contributed by atoms with Gasteiger partial charge in [-0.2, -0.15) is 0 Å². The Morgan fingerprint density at radius 2 is 1.16 bits per heavy atom. The molecule has 10 rings (SSSR count). The molecule has 49 heavy (non-hydrogen) atoms. The molecule has 0 saturated heterocycles. The number of hydrogen-bond donors (Lipinski definition) is 0. The van der Waals surface area contributed by atoms with Crippen molar-refractivity contribution in [2.45, 2.75) is 0 Å². The maximum absolute atomic E-state index is 5.37. The Hall–Kier alpha value is -6.23. The van der Waals surface area contributed by atoms with Crippen LogP contribution in [-0.4, -0.2) is 9.55 Å². The van der Waals surface area contributed by atoms with Crippen LogP contribution in [0.4, 0.5) is 17.1 Å². The van der Waals surface area contributed by atoms with Crippen LogP contribution in [0.5, 0.6) is 0 Å². The van der Waals surface area contributed by atoms with Crippen molar-refractivity contribution in [2.24, 2.45) is 0 Å². The molecule has 0 aliphatic carbocycles. The second kappa shape index (κ2) is 11.2. The Bertz CT molecular complexity index is 2820. The molecule has 0 saturated carbocycles. The second-order valence-corrected chi connectivity index (χ2v) is 13.5. The molecule has 0 radical (unpaired) electrons. The molecule has 3 nitrogen and oxygen atoms in total. The maximum Gasteiger partial charge on any atom is 0.0985 e. The van der Waals surface area contributed by atoms with Gasteiger partial charge in [-0.3, -0.25) is 0 Å². The third-order valence-electron chi connectivity index (χ3n) is 9.56. The lowest BCUT2D eigenvalue weighted by molar-refractivity contribution is 1.17. The molecule has 0 aliphatic rings. The van der Waals surface area contributed by atoms with Crippen LogP contribution in [0.15, 0.2) is 176 Å². The smallest absolute Gasteiger partial charge is 0.0985 e. The number of benzene rings is 7. The Balaban J connectivity index is 1.18. The lowest BCUT2D eigenvalue weighted by atomic mass is 10.1. The Labute approximate surface area is 287 Å². The van der Waals surface area contributed by atoms with E-state index in [-0.39, 0.29) is 0 Å². The molecular formula is C45H29N3S. The van der Waals surface area contributed by atoms with Gasteiger partial charge in [0.1, 0.15) is 0 Å². The first-order valence-corrected chi connectivity index (χ1v) is 17.4. The highest BCUT2D eigenvalue weighted by atomic mass is 32.1. The molecule has 0 fully saturated rings. The van der Waals surface area contributed by atoms with Crippen molar-refractivity contribution in [3.05, 3.63) is 176 Å². The minimum atomic E-state index is 0.981. The van der Waals surface area contributed by atoms with Gasteiger partial charge < -0.3 is 9.47 Å². The van der Waals surface area contributed by atoms with Gasteiger partial charge in [0.25, 0.3) is 0 Å². The summed E-state index contributed by atoms with van der Waals surface area (Å²) < 4.78 is 4.95. The van der Waals surface area contributed by atoms with Crippen molar-refractivity contribution < 1.29 is 0 Å². The van der Waals surface area contributed by atoms with Crippen molar-refractivity contribution in [3.8, 4) is 16.9 Å². The zero-order valence-corrected chi connectivity index (χ0v) is 27.3. The Kier molecular flexibility index (Phi) is 6.36. The second-order valence-electron chi connectivity index (χ2n) is 12.4. The molecule has 3 heterocycles. The molecule has 0 aliphatic heterocycles. The van der Waals surface area contributed by atoms with Gasteiger partial charge in [-0.1, -0.05) is 103 Å². The van der Waals surface area contributed by atoms with Gasteiger partial charge in [-0.15, -0.1) is 11.3 Å². The van der Waals surface area contributed by atoms with E-state index in [2.05, 4.69) is 185 Å². The SMILES string of the molecule is c1ccc(-c2ccc3c(n2)c2c4sc5ccccc5c4ccc2n3-c2ccc(N(c3ccccc3)c3ccc4ccccc4c3)cc2)cc1. The molecular weight excluding hydrogens is 615 g/mol. The molecule has 0 amide bonds. The van der Waals surface area contributed by atoms with Gasteiger partial charge in [0.2, 0.25) is 0 Å². The largest absolute Gasteiger partial charge is 0.310 e. The van der Waals surface area contributed by atoms with Crippen LogP contribution in [0.3, 0.4) is 0 Å². The van der Waals surface area contributed by atoms with E-state index in [1.54, 1.807) is 0 Å². The Morgan fingerprint density at radius 1 is 0.490 bits per heavy atom. The summed E-state index contributed by atoms with van der Waals surface area (Å²) in [5, 5.41) is 6.24. The fraction of sp³-hybridized carbons (Fsp3) is 0. The van der Waals surface area contributed by atoms with Crippen molar-refractivity contribution in [1.29, 1.82) is 0 Å². The van der Waals surface area contributed by atoms with E-state index in [9.17, 15) is 0 Å². The van der Waals surface area contributed by atoms with E-state index in [1.165, 1.54) is 36.3 Å². The van der Waals surface area contributed by atoms with Gasteiger partial charge in [-0.25, -0.2) is 4.98 Å². The predicted octanol–water partition coefficient (Wildman–Crippen LogP) is 12.8. The highest BCUT2D eigenvalue weighted by Gasteiger charge is 2.20. The summed E-state index contributed by atoms with van der Waals surface area (Å²) >= 11 is 1.86. The van der Waals surface area contributed by atoms with Crippen molar-refractivity contribution >= 4 is 81.3 Å². The lowest BCUT2D eigenvalue weighted by Crippen LogP contribution is -2.10. The normalized spacial score (nSPS) is 11.7. The van der Waals surface area contributed by atoms with E-state index < -0.39 is 0 Å². The van der Waals surface area contributed by atoms with E-state index in [0.717, 1.165) is 50.6 Å². The molecule has 0 unspecified atom stereocenters. The summed E-state index contributed by atoms with van der Waals surface area (Å²) in [5.74, 6) is 0. The van der Waals surface area contributed by atoms with Crippen LogP contribution in [0.2, 0.25) is 0 Å². The summed E-state index contributed by atoms with van der Waals surface area (Å²) in [6.45, 7) is 0. The maximum atomic E-state index is 5.37. The van der Waals surface area contributed by atoms with Crippen LogP contribution in [0.25, 0.3) is 69.8 Å². The molecule has 4 heteroatoms. The first-order valence-electron chi connectivity index (χ1n) is 16.6. The third kappa shape index (κ3) is 4.53. The number of fused-ring (bicyclic) bond motifs is 8. The van der Waals surface area contributed by atoms with Gasteiger partial charge >= 0.3 is 0 Å². The van der Waals surface area contributed by atoms with Crippen LogP contribution in [0, 0.1) is 0 Å². The molecule has 7 aromatic carbocycles. The minimum absolute atomic E-state index is 0.981. The predicted molar refractivity (Wildman–Crippen MR) is 209 cm³/mol. The van der Waals surface area contributed by atoms with Crippen molar-refractivity contribution in [3.63, 3.8) is 0 Å². The number of anilines is 3. The van der Waals surface area contributed by atoms with Crippen molar-refractivity contribution in [2.75, 3.05) is 4.90 Å². The van der Waals surface area contributed by atoms with Gasteiger partial charge in [0.15, 0.2) is 0 Å². The molecule has 0 spiro atoms. The average Bonchev–Trinajstić information content (AvgIpc) is 3.71. The number of aromatic nitrogens is 2. The molecule has 3 aromatic heterocycles.